The van der Waals surface area contributed by atoms with E-state index < -0.39 is 5.60 Å². The van der Waals surface area contributed by atoms with E-state index >= 15 is 0 Å². The number of hydrogen-bond donors (Lipinski definition) is 2. The zero-order valence-corrected chi connectivity index (χ0v) is 20.6. The van der Waals surface area contributed by atoms with Crippen molar-refractivity contribution in [3.05, 3.63) is 0 Å². The number of rotatable bonds is 7. The number of carbonyl (C=O) groups excluding carboxylic acids is 1. The first kappa shape index (κ1) is 25.3. The Morgan fingerprint density at radius 3 is 2.54 bits per heavy atom. The average Bonchev–Trinajstić information content (AvgIpc) is 3.15. The summed E-state index contributed by atoms with van der Waals surface area (Å²) in [5, 5.41) is 6.83. The Morgan fingerprint density at radius 1 is 1.32 bits per heavy atom. The predicted molar refractivity (Wildman–Crippen MR) is 124 cm³/mol. The third-order valence-electron chi connectivity index (χ3n) is 4.85. The lowest BCUT2D eigenvalue weighted by Crippen LogP contribution is -2.47. The number of fused-ring (bicyclic) bond motifs is 2. The van der Waals surface area contributed by atoms with Crippen molar-refractivity contribution in [3.8, 4) is 0 Å². The Balaban J connectivity index is 0.00000392. The normalized spacial score (nSPS) is 24.1. The van der Waals surface area contributed by atoms with Gasteiger partial charge in [0.05, 0.1) is 18.2 Å². The van der Waals surface area contributed by atoms with Crippen molar-refractivity contribution in [1.29, 1.82) is 0 Å². The second-order valence-electron chi connectivity index (χ2n) is 8.74. The van der Waals surface area contributed by atoms with E-state index in [0.717, 1.165) is 31.8 Å². The van der Waals surface area contributed by atoms with Crippen molar-refractivity contribution in [1.82, 2.24) is 15.5 Å². The summed E-state index contributed by atoms with van der Waals surface area (Å²) in [6, 6.07) is 0.455. The third kappa shape index (κ3) is 7.93. The molecule has 0 radical (unpaired) electrons. The largest absolute Gasteiger partial charge is 0.444 e. The molecule has 2 heterocycles. The van der Waals surface area contributed by atoms with Crippen LogP contribution in [0.15, 0.2) is 4.99 Å². The molecule has 0 aromatic rings. The molecule has 2 fully saturated rings. The summed E-state index contributed by atoms with van der Waals surface area (Å²) in [5.41, 5.74) is -0.479. The quantitative estimate of drug-likeness (QED) is 0.237. The summed E-state index contributed by atoms with van der Waals surface area (Å²) < 4.78 is 11.4. The van der Waals surface area contributed by atoms with Crippen molar-refractivity contribution in [3.63, 3.8) is 0 Å². The van der Waals surface area contributed by atoms with Gasteiger partial charge in [-0.25, -0.2) is 4.79 Å². The van der Waals surface area contributed by atoms with Gasteiger partial charge in [0, 0.05) is 25.7 Å². The average molecular weight is 510 g/mol. The van der Waals surface area contributed by atoms with E-state index in [1.807, 2.05) is 34.6 Å². The number of amides is 1. The fourth-order valence-corrected chi connectivity index (χ4v) is 3.60. The van der Waals surface area contributed by atoms with E-state index in [-0.39, 0.29) is 36.1 Å². The monoisotopic (exact) mass is 510 g/mol. The van der Waals surface area contributed by atoms with Crippen LogP contribution in [-0.2, 0) is 9.47 Å². The molecule has 2 rings (SSSR count). The molecular weight excluding hydrogens is 471 g/mol. The number of hydrogen-bond acceptors (Lipinski definition) is 4. The smallest absolute Gasteiger partial charge is 0.410 e. The highest BCUT2D eigenvalue weighted by Gasteiger charge is 2.41. The van der Waals surface area contributed by atoms with Crippen LogP contribution in [0.4, 0.5) is 4.79 Å². The van der Waals surface area contributed by atoms with Crippen LogP contribution < -0.4 is 10.6 Å². The van der Waals surface area contributed by atoms with Gasteiger partial charge in [-0.3, -0.25) is 4.99 Å². The van der Waals surface area contributed by atoms with Crippen molar-refractivity contribution in [2.45, 2.75) is 97.1 Å². The van der Waals surface area contributed by atoms with Crippen molar-refractivity contribution >= 4 is 36.0 Å². The van der Waals surface area contributed by atoms with E-state index in [9.17, 15) is 4.79 Å². The van der Waals surface area contributed by atoms with Crippen molar-refractivity contribution in [2.24, 2.45) is 4.99 Å². The van der Waals surface area contributed by atoms with Gasteiger partial charge in [0.2, 0.25) is 0 Å². The molecule has 3 atom stereocenters. The van der Waals surface area contributed by atoms with Gasteiger partial charge < -0.3 is 25.0 Å². The first-order valence-corrected chi connectivity index (χ1v) is 10.4. The molecule has 2 bridgehead atoms. The number of nitrogens with one attached hydrogen (secondary N) is 2. The summed E-state index contributed by atoms with van der Waals surface area (Å²) in [6.45, 7) is 13.9. The van der Waals surface area contributed by atoms with E-state index in [1.165, 1.54) is 6.42 Å². The molecule has 7 nitrogen and oxygen atoms in total. The minimum Gasteiger partial charge on any atom is -0.444 e. The number of guanidine groups is 1. The first-order chi connectivity index (χ1) is 12.7. The van der Waals surface area contributed by atoms with E-state index in [2.05, 4.69) is 22.5 Å². The molecule has 0 aromatic carbocycles. The molecule has 164 valence electrons. The zero-order valence-electron chi connectivity index (χ0n) is 18.3. The lowest BCUT2D eigenvalue weighted by atomic mass is 9.96. The van der Waals surface area contributed by atoms with Crippen molar-refractivity contribution < 1.29 is 14.3 Å². The Labute approximate surface area is 187 Å². The SMILES string of the molecule is CCNC(=NCCCN(C(=O)OC(C)(C)C)C(C)C)NC1CC2CCC1O2.I. The molecule has 2 aliphatic rings. The fourth-order valence-electron chi connectivity index (χ4n) is 3.60. The molecule has 0 saturated carbocycles. The molecule has 2 saturated heterocycles. The van der Waals surface area contributed by atoms with E-state index in [0.29, 0.717) is 31.3 Å². The Kier molecular flexibility index (Phi) is 10.3. The summed E-state index contributed by atoms with van der Waals surface area (Å²) in [7, 11) is 0. The van der Waals surface area contributed by atoms with Gasteiger partial charge in [-0.15, -0.1) is 24.0 Å². The highest BCUT2D eigenvalue weighted by molar-refractivity contribution is 14.0. The van der Waals surface area contributed by atoms with Crippen LogP contribution in [0, 0.1) is 0 Å². The highest BCUT2D eigenvalue weighted by Crippen LogP contribution is 2.34. The standard InChI is InChI=1S/C20H38N4O3.HI/c1-7-21-18(23-16-13-15-9-10-17(16)26-15)22-11-8-12-24(14(2)3)19(25)27-20(4,5)6;/h14-17H,7-13H2,1-6H3,(H2,21,22,23);1H. The molecule has 28 heavy (non-hydrogen) atoms. The van der Waals surface area contributed by atoms with Gasteiger partial charge in [-0.2, -0.15) is 0 Å². The van der Waals surface area contributed by atoms with E-state index in [4.69, 9.17) is 9.47 Å². The highest BCUT2D eigenvalue weighted by atomic mass is 127. The Bertz CT molecular complexity index is 522. The second kappa shape index (κ2) is 11.4. The third-order valence-corrected chi connectivity index (χ3v) is 4.85. The van der Waals surface area contributed by atoms with Gasteiger partial charge >= 0.3 is 6.09 Å². The summed E-state index contributed by atoms with van der Waals surface area (Å²) in [5.74, 6) is 0.840. The van der Waals surface area contributed by atoms with Crippen LogP contribution in [0.1, 0.15) is 67.2 Å². The maximum absolute atomic E-state index is 12.4. The Morgan fingerprint density at radius 2 is 2.04 bits per heavy atom. The summed E-state index contributed by atoms with van der Waals surface area (Å²) in [4.78, 5) is 18.8. The lowest BCUT2D eigenvalue weighted by molar-refractivity contribution is 0.0190. The fraction of sp³-hybridized carbons (Fsp3) is 0.900. The van der Waals surface area contributed by atoms with Gasteiger partial charge in [-0.1, -0.05) is 0 Å². The van der Waals surface area contributed by atoms with Gasteiger partial charge in [0.15, 0.2) is 5.96 Å². The maximum atomic E-state index is 12.4. The number of halogens is 1. The van der Waals surface area contributed by atoms with Crippen LogP contribution >= 0.6 is 24.0 Å². The van der Waals surface area contributed by atoms with Crippen LogP contribution in [0.25, 0.3) is 0 Å². The van der Waals surface area contributed by atoms with Gasteiger partial charge in [0.1, 0.15) is 5.60 Å². The lowest BCUT2D eigenvalue weighted by Gasteiger charge is -2.30. The molecular formula is C20H39IN4O3. The molecule has 8 heteroatoms. The number of nitrogens with zero attached hydrogens (tertiary/aromatic N) is 2. The molecule has 2 N–H and O–H groups in total. The molecule has 0 spiro atoms. The van der Waals surface area contributed by atoms with Gasteiger partial charge in [-0.05, 0) is 67.2 Å². The Hall–Kier alpha value is -0.770. The molecule has 3 unspecified atom stereocenters. The molecule has 0 aromatic heterocycles. The topological polar surface area (TPSA) is 75.2 Å². The van der Waals surface area contributed by atoms with Gasteiger partial charge in [0.25, 0.3) is 0 Å². The zero-order chi connectivity index (χ0) is 20.0. The van der Waals surface area contributed by atoms with Crippen LogP contribution in [-0.4, -0.2) is 66.5 Å². The minimum absolute atomic E-state index is 0. The molecule has 0 aliphatic carbocycles. The number of aliphatic imine (C=N–C) groups is 1. The first-order valence-electron chi connectivity index (χ1n) is 10.4. The van der Waals surface area contributed by atoms with Crippen molar-refractivity contribution in [2.75, 3.05) is 19.6 Å². The summed E-state index contributed by atoms with van der Waals surface area (Å²) in [6.07, 6.45) is 4.67. The molecule has 2 aliphatic heterocycles. The maximum Gasteiger partial charge on any atom is 0.410 e. The summed E-state index contributed by atoms with van der Waals surface area (Å²) >= 11 is 0. The van der Waals surface area contributed by atoms with Crippen LogP contribution in [0.3, 0.4) is 0 Å². The van der Waals surface area contributed by atoms with Crippen LogP contribution in [0.5, 0.6) is 0 Å². The number of ether oxygens (including phenoxy) is 2. The second-order valence-corrected chi connectivity index (χ2v) is 8.74. The predicted octanol–water partition coefficient (Wildman–Crippen LogP) is 3.52. The van der Waals surface area contributed by atoms with Crippen LogP contribution in [0.2, 0.25) is 0 Å². The molecule has 1 amide bonds. The van der Waals surface area contributed by atoms with E-state index in [1.54, 1.807) is 4.90 Å². The minimum atomic E-state index is -0.479. The number of carbonyl (C=O) groups is 1.